The smallest absolute Gasteiger partial charge is 0.317 e. The standard InChI is InChI=1S/C11H12ClFN2O2.C11H14ClFN2.C8H5ClFNO2.C7H4ClFO.C3H7NO2/c1-14-5-8(11(6-14)15(16)17)7-2-3-9(12)10(13)4-7;1-15-5-8(11(14)6-15)7-2-3-9(12)10(13)4-7;9-7-2-1-6(5-8(7)10)3-4-11(12)13;8-6-2-1-5(4-10)3-7(6)9;1-4-2-3(5)6/h2-4,8,11H,5-6H2,1H3;2-4,8,11H,5-6,14H2,1H3;1-5H;1-4H;4H,2H2,1H3,(H,5,6)/b;;4-3+;;/t2*8-,11+;;;/m00.../s1. The third-order valence-electron chi connectivity index (χ3n) is 8.77. The summed E-state index contributed by atoms with van der Waals surface area (Å²) in [6, 6.07) is 16.6. The molecule has 2 aliphatic rings. The third-order valence-corrected chi connectivity index (χ3v) is 10.00. The predicted molar refractivity (Wildman–Crippen MR) is 228 cm³/mol. The number of likely N-dealkylation sites (tertiary alicyclic amines) is 2. The van der Waals surface area contributed by atoms with Crippen molar-refractivity contribution in [3.63, 3.8) is 0 Å². The summed E-state index contributed by atoms with van der Waals surface area (Å²) >= 11 is 22.0. The molecule has 0 amide bonds. The lowest BCUT2D eigenvalue weighted by Gasteiger charge is -2.14. The molecule has 330 valence electrons. The lowest BCUT2D eigenvalue weighted by Crippen LogP contribution is -2.27. The zero-order valence-corrected chi connectivity index (χ0v) is 35.8. The van der Waals surface area contributed by atoms with Crippen LogP contribution in [0.3, 0.4) is 0 Å². The minimum absolute atomic E-state index is 0.00162. The van der Waals surface area contributed by atoms with E-state index in [1.807, 2.05) is 25.1 Å². The fourth-order valence-corrected chi connectivity index (χ4v) is 6.36. The number of nitrogens with zero attached hydrogens (tertiary/aromatic N) is 4. The molecule has 4 atom stereocenters. The molecule has 2 aliphatic heterocycles. The van der Waals surface area contributed by atoms with Crippen LogP contribution in [0.1, 0.15) is 38.9 Å². The van der Waals surface area contributed by atoms with Crippen LogP contribution in [0.4, 0.5) is 17.6 Å². The van der Waals surface area contributed by atoms with Crippen molar-refractivity contribution < 1.29 is 42.1 Å². The van der Waals surface area contributed by atoms with Crippen LogP contribution in [0.25, 0.3) is 6.08 Å². The fourth-order valence-electron chi connectivity index (χ4n) is 5.89. The van der Waals surface area contributed by atoms with Gasteiger partial charge in [-0.05, 0) is 86.4 Å². The van der Waals surface area contributed by atoms with Gasteiger partial charge in [0.15, 0.2) is 0 Å². The van der Waals surface area contributed by atoms with Crippen LogP contribution in [0.5, 0.6) is 0 Å². The van der Waals surface area contributed by atoms with Gasteiger partial charge in [-0.3, -0.25) is 34.7 Å². The first kappa shape index (κ1) is 52.4. The van der Waals surface area contributed by atoms with E-state index in [1.165, 1.54) is 48.5 Å². The maximum absolute atomic E-state index is 13.3. The van der Waals surface area contributed by atoms with Crippen molar-refractivity contribution in [2.75, 3.05) is 53.9 Å². The number of carbonyl (C=O) groups excluding carboxylic acids is 1. The first-order valence-corrected chi connectivity index (χ1v) is 19.4. The molecule has 4 aromatic carbocycles. The van der Waals surface area contributed by atoms with E-state index in [9.17, 15) is 47.4 Å². The Hall–Kier alpha value is -4.72. The first-order valence-electron chi connectivity index (χ1n) is 17.9. The van der Waals surface area contributed by atoms with E-state index in [-0.39, 0.29) is 55.3 Å². The van der Waals surface area contributed by atoms with Crippen molar-refractivity contribution in [1.82, 2.24) is 15.1 Å². The molecule has 0 bridgehead atoms. The number of aldehydes is 1. The molecule has 13 nitrogen and oxygen atoms in total. The van der Waals surface area contributed by atoms with E-state index in [2.05, 4.69) is 10.2 Å². The summed E-state index contributed by atoms with van der Waals surface area (Å²) in [7, 11) is 5.43. The van der Waals surface area contributed by atoms with Crippen LogP contribution in [0.2, 0.25) is 20.1 Å². The van der Waals surface area contributed by atoms with Gasteiger partial charge in [-0.2, -0.15) is 0 Å². The predicted octanol–water partition coefficient (Wildman–Crippen LogP) is 8.30. The highest BCUT2D eigenvalue weighted by Gasteiger charge is 2.40. The first-order chi connectivity index (χ1) is 28.7. The molecule has 61 heavy (non-hydrogen) atoms. The lowest BCUT2D eigenvalue weighted by molar-refractivity contribution is -0.521. The average molecular weight is 937 g/mol. The molecule has 21 heteroatoms. The van der Waals surface area contributed by atoms with Gasteiger partial charge >= 0.3 is 5.97 Å². The van der Waals surface area contributed by atoms with Crippen LogP contribution in [0.15, 0.2) is 79.0 Å². The summed E-state index contributed by atoms with van der Waals surface area (Å²) in [5, 5.41) is 31.4. The zero-order chi connectivity index (χ0) is 46.0. The second kappa shape index (κ2) is 25.9. The van der Waals surface area contributed by atoms with E-state index in [1.54, 1.807) is 19.2 Å². The van der Waals surface area contributed by atoms with Crippen molar-refractivity contribution in [1.29, 1.82) is 0 Å². The van der Waals surface area contributed by atoms with Crippen LogP contribution >= 0.6 is 46.4 Å². The topological polar surface area (TPSA) is 185 Å². The zero-order valence-electron chi connectivity index (χ0n) is 32.8. The van der Waals surface area contributed by atoms with Gasteiger partial charge < -0.3 is 21.1 Å². The summed E-state index contributed by atoms with van der Waals surface area (Å²) in [6.45, 7) is 2.73. The number of rotatable bonds is 8. The van der Waals surface area contributed by atoms with Crippen molar-refractivity contribution in [3.8, 4) is 0 Å². The molecule has 4 aromatic rings. The minimum atomic E-state index is -0.822. The van der Waals surface area contributed by atoms with E-state index >= 15 is 0 Å². The number of nitrogens with one attached hydrogen (secondary N) is 1. The molecule has 4 N–H and O–H groups in total. The molecule has 2 saturated heterocycles. The maximum atomic E-state index is 13.3. The molecule has 0 spiro atoms. The van der Waals surface area contributed by atoms with E-state index < -0.39 is 34.4 Å². The quantitative estimate of drug-likeness (QED) is 0.0668. The number of carboxylic acid groups (broad SMARTS) is 1. The van der Waals surface area contributed by atoms with Crippen LogP contribution in [0, 0.1) is 43.5 Å². The van der Waals surface area contributed by atoms with Crippen LogP contribution in [-0.4, -0.2) is 103 Å². The SMILES string of the molecule is CN1C[C@@H](N)[C@H](c2ccc(Cl)c(F)c2)C1.CN1C[C@@H]([N+](=O)[O-])[C@H](c2ccc(Cl)c(F)c2)C1.CNCC(=O)O.O=Cc1ccc(Cl)c(F)c1.O=[N+]([O-])/C=C/c1ccc(Cl)c(F)c1. The second-order valence-electron chi connectivity index (χ2n) is 13.5. The van der Waals surface area contributed by atoms with Gasteiger partial charge in [0, 0.05) is 48.2 Å². The van der Waals surface area contributed by atoms with Gasteiger partial charge in [0.25, 0.3) is 0 Å². The molecular formula is C40H42Cl4F4N6O7. The third kappa shape index (κ3) is 18.0. The summed E-state index contributed by atoms with van der Waals surface area (Å²) in [6.07, 6.45) is 2.50. The number of nitro groups is 2. The van der Waals surface area contributed by atoms with Gasteiger partial charge in [0.05, 0.1) is 44.0 Å². The normalized spacial score (nSPS) is 18.3. The Kier molecular flexibility index (Phi) is 22.3. The highest BCUT2D eigenvalue weighted by molar-refractivity contribution is 6.31. The van der Waals surface area contributed by atoms with Gasteiger partial charge in [-0.1, -0.05) is 70.7 Å². The number of aliphatic carboxylic acids is 1. The highest BCUT2D eigenvalue weighted by atomic mass is 35.5. The van der Waals surface area contributed by atoms with Gasteiger partial charge in [-0.15, -0.1) is 0 Å². The Bertz CT molecular complexity index is 2160. The molecular weight excluding hydrogens is 894 g/mol. The van der Waals surface area contributed by atoms with Crippen molar-refractivity contribution in [3.05, 3.63) is 165 Å². The monoisotopic (exact) mass is 934 g/mol. The number of nitrogens with two attached hydrogens (primary N) is 1. The van der Waals surface area contributed by atoms with Crippen LogP contribution in [-0.2, 0) is 4.79 Å². The summed E-state index contributed by atoms with van der Waals surface area (Å²) < 4.78 is 51.9. The second-order valence-corrected chi connectivity index (χ2v) is 15.1. The molecule has 6 rings (SSSR count). The Morgan fingerprint density at radius 1 is 0.754 bits per heavy atom. The highest BCUT2D eigenvalue weighted by Crippen LogP contribution is 2.31. The number of hydrogen-bond acceptors (Lipinski definition) is 10. The van der Waals surface area contributed by atoms with E-state index in [0.717, 1.165) is 37.0 Å². The number of halogens is 8. The Labute approximate surface area is 368 Å². The molecule has 2 fully saturated rings. The molecule has 0 aromatic heterocycles. The molecule has 0 saturated carbocycles. The van der Waals surface area contributed by atoms with Crippen molar-refractivity contribution in [2.24, 2.45) is 5.73 Å². The molecule has 0 unspecified atom stereocenters. The Morgan fingerprint density at radius 3 is 1.56 bits per heavy atom. The van der Waals surface area contributed by atoms with Gasteiger partial charge in [0.1, 0.15) is 29.6 Å². The minimum Gasteiger partial charge on any atom is -0.480 e. The Morgan fingerprint density at radius 2 is 1.18 bits per heavy atom. The number of hydrogen-bond donors (Lipinski definition) is 3. The van der Waals surface area contributed by atoms with Crippen molar-refractivity contribution >= 4 is 64.7 Å². The fraction of sp³-hybridized carbons (Fsp3) is 0.300. The lowest BCUT2D eigenvalue weighted by atomic mass is 9.95. The van der Waals surface area contributed by atoms with Crippen molar-refractivity contribution in [2.45, 2.75) is 23.9 Å². The van der Waals surface area contributed by atoms with Gasteiger partial charge in [-0.25, -0.2) is 17.6 Å². The number of likely N-dealkylation sites (N-methyl/N-ethyl adjacent to an activating group) is 3. The molecule has 2 heterocycles. The molecule has 0 aliphatic carbocycles. The number of benzene rings is 4. The van der Waals surface area contributed by atoms with Gasteiger partial charge in [0.2, 0.25) is 12.2 Å². The molecule has 0 radical (unpaired) electrons. The van der Waals surface area contributed by atoms with Crippen LogP contribution < -0.4 is 11.1 Å². The summed E-state index contributed by atoms with van der Waals surface area (Å²) in [5.41, 5.74) is 8.26. The van der Waals surface area contributed by atoms with E-state index in [0.29, 0.717) is 36.1 Å². The number of carbonyl (C=O) groups is 2. The Balaban J connectivity index is 0.000000272. The summed E-state index contributed by atoms with van der Waals surface area (Å²) in [4.78, 5) is 43.6. The summed E-state index contributed by atoms with van der Waals surface area (Å²) in [5.74, 6) is -2.93. The maximum Gasteiger partial charge on any atom is 0.317 e. The average Bonchev–Trinajstić information content (AvgIpc) is 3.77. The van der Waals surface area contributed by atoms with E-state index in [4.69, 9.17) is 57.2 Å². The number of carboxylic acids is 1. The largest absolute Gasteiger partial charge is 0.480 e.